The number of ketones is 1. The third-order valence-electron chi connectivity index (χ3n) is 5.04. The number of benzene rings is 1. The SMILES string of the molecule is CCOC(=O)c1c2c(C(=O)c3ccc(Cl)cc3)sc(SCC)c2n2cc(C)cc(C)c12. The largest absolute Gasteiger partial charge is 0.462 e. The molecule has 0 saturated carbocycles. The zero-order chi connectivity index (χ0) is 22.3. The molecule has 4 nitrogen and oxygen atoms in total. The molecule has 3 aromatic heterocycles. The summed E-state index contributed by atoms with van der Waals surface area (Å²) in [6.45, 7) is 8.15. The smallest absolute Gasteiger partial charge is 0.341 e. The molecule has 0 aliphatic rings. The number of thioether (sulfide) groups is 1. The molecule has 3 heterocycles. The van der Waals surface area contributed by atoms with Crippen LogP contribution >= 0.6 is 34.7 Å². The number of thiophene rings is 1. The van der Waals surface area contributed by atoms with E-state index in [-0.39, 0.29) is 12.4 Å². The standard InChI is InChI=1S/C24H22ClNO3S2/c1-5-29-23(28)18-17-20(26-12-13(3)11-14(4)19(18)26)24(30-6-2)31-22(17)21(27)15-7-9-16(25)10-8-15/h7-12H,5-6H2,1-4H3. The van der Waals surface area contributed by atoms with Crippen LogP contribution in [-0.4, -0.2) is 28.5 Å². The zero-order valence-corrected chi connectivity index (χ0v) is 20.1. The summed E-state index contributed by atoms with van der Waals surface area (Å²) in [5.74, 6) is 0.333. The summed E-state index contributed by atoms with van der Waals surface area (Å²) in [5, 5.41) is 1.25. The molecule has 0 N–H and O–H groups in total. The zero-order valence-electron chi connectivity index (χ0n) is 17.7. The van der Waals surface area contributed by atoms with Gasteiger partial charge in [-0.05, 0) is 61.9 Å². The van der Waals surface area contributed by atoms with E-state index >= 15 is 0 Å². The molecule has 0 amide bonds. The van der Waals surface area contributed by atoms with Gasteiger partial charge < -0.3 is 9.14 Å². The molecule has 0 fully saturated rings. The minimum Gasteiger partial charge on any atom is -0.462 e. The molecule has 0 spiro atoms. The lowest BCUT2D eigenvalue weighted by atomic mass is 10.0. The highest BCUT2D eigenvalue weighted by Crippen LogP contribution is 2.44. The van der Waals surface area contributed by atoms with Crippen molar-refractivity contribution in [1.82, 2.24) is 4.40 Å². The molecule has 160 valence electrons. The molecule has 0 saturated heterocycles. The highest BCUT2D eigenvalue weighted by atomic mass is 35.5. The summed E-state index contributed by atoms with van der Waals surface area (Å²) in [6.07, 6.45) is 2.02. The number of rotatable bonds is 6. The van der Waals surface area contributed by atoms with E-state index in [0.29, 0.717) is 26.4 Å². The van der Waals surface area contributed by atoms with E-state index in [9.17, 15) is 9.59 Å². The molecule has 4 aromatic rings. The number of fused-ring (bicyclic) bond motifs is 3. The lowest BCUT2D eigenvalue weighted by Crippen LogP contribution is -2.07. The van der Waals surface area contributed by atoms with Gasteiger partial charge in [0.25, 0.3) is 0 Å². The second-order valence-electron chi connectivity index (χ2n) is 7.23. The van der Waals surface area contributed by atoms with Crippen molar-refractivity contribution >= 4 is 62.9 Å². The summed E-state index contributed by atoms with van der Waals surface area (Å²) in [6, 6.07) is 8.90. The Labute approximate surface area is 194 Å². The van der Waals surface area contributed by atoms with E-state index in [1.165, 1.54) is 11.3 Å². The molecule has 4 rings (SSSR count). The number of ether oxygens (including phenoxy) is 1. The predicted molar refractivity (Wildman–Crippen MR) is 129 cm³/mol. The van der Waals surface area contributed by atoms with Gasteiger partial charge in [-0.3, -0.25) is 4.79 Å². The number of hydrogen-bond donors (Lipinski definition) is 0. The third-order valence-corrected chi connectivity index (χ3v) is 7.61. The summed E-state index contributed by atoms with van der Waals surface area (Å²) in [4.78, 5) is 27.2. The normalized spacial score (nSPS) is 11.4. The number of aromatic nitrogens is 1. The average molecular weight is 472 g/mol. The van der Waals surface area contributed by atoms with Gasteiger partial charge in [-0.25, -0.2) is 4.79 Å². The quantitative estimate of drug-likeness (QED) is 0.173. The molecule has 0 atom stereocenters. The Balaban J connectivity index is 2.12. The first kappa shape index (κ1) is 21.9. The average Bonchev–Trinajstić information content (AvgIpc) is 3.25. The highest BCUT2D eigenvalue weighted by molar-refractivity contribution is 8.01. The number of esters is 1. The molecule has 0 aliphatic carbocycles. The number of carbonyl (C=O) groups is 2. The fourth-order valence-corrected chi connectivity index (χ4v) is 6.45. The molecular weight excluding hydrogens is 450 g/mol. The summed E-state index contributed by atoms with van der Waals surface area (Å²) in [7, 11) is 0. The Morgan fingerprint density at radius 1 is 1.13 bits per heavy atom. The molecule has 7 heteroatoms. The van der Waals surface area contributed by atoms with Crippen molar-refractivity contribution in [2.45, 2.75) is 31.9 Å². The number of pyridine rings is 1. The molecule has 0 aliphatic heterocycles. The Morgan fingerprint density at radius 3 is 2.48 bits per heavy atom. The number of halogens is 1. The van der Waals surface area contributed by atoms with Crippen LogP contribution in [0.1, 0.15) is 50.6 Å². The van der Waals surface area contributed by atoms with Gasteiger partial charge in [-0.15, -0.1) is 23.1 Å². The Kier molecular flexibility index (Phi) is 6.15. The number of nitrogens with zero attached hydrogens (tertiary/aromatic N) is 1. The second kappa shape index (κ2) is 8.69. The number of carbonyl (C=O) groups excluding carboxylic acids is 2. The fraction of sp³-hybridized carbons (Fsp3) is 0.250. The van der Waals surface area contributed by atoms with Crippen LogP contribution in [-0.2, 0) is 4.74 Å². The molecular formula is C24H22ClNO3S2. The lowest BCUT2D eigenvalue weighted by molar-refractivity contribution is 0.0531. The van der Waals surface area contributed by atoms with Crippen LogP contribution < -0.4 is 0 Å². The molecule has 0 unspecified atom stereocenters. The fourth-order valence-electron chi connectivity index (χ4n) is 3.89. The minimum atomic E-state index is -0.405. The number of hydrogen-bond acceptors (Lipinski definition) is 5. The van der Waals surface area contributed by atoms with Gasteiger partial charge in [0.1, 0.15) is 0 Å². The minimum absolute atomic E-state index is 0.120. The van der Waals surface area contributed by atoms with Crippen molar-refractivity contribution in [3.05, 3.63) is 68.7 Å². The van der Waals surface area contributed by atoms with E-state index in [1.807, 2.05) is 26.1 Å². The van der Waals surface area contributed by atoms with Crippen molar-refractivity contribution in [3.63, 3.8) is 0 Å². The van der Waals surface area contributed by atoms with Crippen LogP contribution in [0.4, 0.5) is 0 Å². The van der Waals surface area contributed by atoms with Gasteiger partial charge in [0.05, 0.1) is 32.3 Å². The monoisotopic (exact) mass is 471 g/mol. The van der Waals surface area contributed by atoms with E-state index in [2.05, 4.69) is 11.3 Å². The van der Waals surface area contributed by atoms with Gasteiger partial charge in [0, 0.05) is 22.2 Å². The van der Waals surface area contributed by atoms with Gasteiger partial charge in [0.15, 0.2) is 0 Å². The van der Waals surface area contributed by atoms with Crippen LogP contribution in [0.3, 0.4) is 0 Å². The van der Waals surface area contributed by atoms with E-state index in [1.54, 1.807) is 43.0 Å². The summed E-state index contributed by atoms with van der Waals surface area (Å²) in [5.41, 5.74) is 4.76. The highest BCUT2D eigenvalue weighted by Gasteiger charge is 2.30. The second-order valence-corrected chi connectivity index (χ2v) is 10.2. The molecule has 0 bridgehead atoms. The van der Waals surface area contributed by atoms with Gasteiger partial charge in [0.2, 0.25) is 5.78 Å². The first-order valence-corrected chi connectivity index (χ1v) is 12.2. The Bertz CT molecular complexity index is 1320. The topological polar surface area (TPSA) is 47.8 Å². The Hall–Kier alpha value is -2.28. The van der Waals surface area contributed by atoms with Gasteiger partial charge in [-0.1, -0.05) is 24.6 Å². The maximum Gasteiger partial charge on any atom is 0.341 e. The van der Waals surface area contributed by atoms with Crippen molar-refractivity contribution in [3.8, 4) is 0 Å². The van der Waals surface area contributed by atoms with E-state index in [4.69, 9.17) is 16.3 Å². The first-order chi connectivity index (χ1) is 14.9. The van der Waals surface area contributed by atoms with Crippen molar-refractivity contribution in [1.29, 1.82) is 0 Å². The van der Waals surface area contributed by atoms with E-state index in [0.717, 1.165) is 32.1 Å². The Morgan fingerprint density at radius 2 is 1.84 bits per heavy atom. The third kappa shape index (κ3) is 3.77. The van der Waals surface area contributed by atoms with Crippen molar-refractivity contribution in [2.75, 3.05) is 12.4 Å². The summed E-state index contributed by atoms with van der Waals surface area (Å²) >= 11 is 9.13. The van der Waals surface area contributed by atoms with Crippen molar-refractivity contribution in [2.24, 2.45) is 0 Å². The summed E-state index contributed by atoms with van der Waals surface area (Å²) < 4.78 is 8.50. The van der Waals surface area contributed by atoms with Crippen LogP contribution in [0.25, 0.3) is 16.4 Å². The van der Waals surface area contributed by atoms with Crippen LogP contribution in [0, 0.1) is 13.8 Å². The molecule has 0 radical (unpaired) electrons. The lowest BCUT2D eigenvalue weighted by Gasteiger charge is -2.07. The molecule has 1 aromatic carbocycles. The van der Waals surface area contributed by atoms with Gasteiger partial charge in [-0.2, -0.15) is 0 Å². The maximum absolute atomic E-state index is 13.5. The van der Waals surface area contributed by atoms with Crippen LogP contribution in [0.15, 0.2) is 40.7 Å². The molecule has 31 heavy (non-hydrogen) atoms. The number of aryl methyl sites for hydroxylation is 2. The maximum atomic E-state index is 13.5. The van der Waals surface area contributed by atoms with E-state index < -0.39 is 5.97 Å². The predicted octanol–water partition coefficient (Wildman–Crippen LogP) is 6.94. The first-order valence-electron chi connectivity index (χ1n) is 10.0. The van der Waals surface area contributed by atoms with Crippen LogP contribution in [0.5, 0.6) is 0 Å². The van der Waals surface area contributed by atoms with Gasteiger partial charge >= 0.3 is 5.97 Å². The van der Waals surface area contributed by atoms with Crippen LogP contribution in [0.2, 0.25) is 5.02 Å². The van der Waals surface area contributed by atoms with Crippen molar-refractivity contribution < 1.29 is 14.3 Å².